The van der Waals surface area contributed by atoms with Crippen molar-refractivity contribution in [2.75, 3.05) is 12.4 Å². The largest absolute Gasteiger partial charge is 0.493 e. The van der Waals surface area contributed by atoms with Crippen molar-refractivity contribution in [1.82, 2.24) is 0 Å². The summed E-state index contributed by atoms with van der Waals surface area (Å²) >= 11 is 0. The first kappa shape index (κ1) is 27.4. The summed E-state index contributed by atoms with van der Waals surface area (Å²) in [5.41, 5.74) is 1.42. The van der Waals surface area contributed by atoms with E-state index in [9.17, 15) is 41.6 Å². The molecule has 8 nitrogen and oxygen atoms in total. The van der Waals surface area contributed by atoms with Gasteiger partial charge in [0.2, 0.25) is 11.7 Å². The predicted octanol–water partition coefficient (Wildman–Crippen LogP) is 1.83. The molecule has 1 heterocycles. The molecule has 4 atom stereocenters. The van der Waals surface area contributed by atoms with Crippen LogP contribution in [0.4, 0.5) is 27.6 Å². The molecule has 0 bridgehead atoms. The first-order valence-corrected chi connectivity index (χ1v) is 10.5. The van der Waals surface area contributed by atoms with Crippen molar-refractivity contribution in [3.05, 3.63) is 53.1 Å². The van der Waals surface area contributed by atoms with Gasteiger partial charge < -0.3 is 30.6 Å². The van der Waals surface area contributed by atoms with Crippen LogP contribution in [0.3, 0.4) is 0 Å². The van der Waals surface area contributed by atoms with E-state index in [-0.39, 0.29) is 22.3 Å². The minimum atomic E-state index is -4.94. The van der Waals surface area contributed by atoms with Gasteiger partial charge in [0.1, 0.15) is 6.10 Å². The third kappa shape index (κ3) is 4.63. The van der Waals surface area contributed by atoms with Crippen LogP contribution in [0, 0.1) is 17.6 Å². The fourth-order valence-corrected chi connectivity index (χ4v) is 4.33. The molecule has 1 saturated heterocycles. The smallest absolute Gasteiger partial charge is 0.489 e. The fourth-order valence-electron chi connectivity index (χ4n) is 4.33. The van der Waals surface area contributed by atoms with Gasteiger partial charge in [0.05, 0.1) is 7.11 Å². The number of anilines is 1. The number of rotatable bonds is 6. The van der Waals surface area contributed by atoms with Crippen LogP contribution >= 0.6 is 0 Å². The molecular formula is C22H22BF5N2O6. The molecule has 14 heteroatoms. The minimum Gasteiger partial charge on any atom is -0.493 e. The van der Waals surface area contributed by atoms with E-state index in [1.54, 1.807) is 0 Å². The first-order chi connectivity index (χ1) is 16.6. The van der Waals surface area contributed by atoms with E-state index in [1.165, 1.54) is 0 Å². The second kappa shape index (κ2) is 9.67. The molecule has 3 rings (SSSR count). The molecule has 0 saturated carbocycles. The second-order valence-electron chi connectivity index (χ2n) is 8.47. The summed E-state index contributed by atoms with van der Waals surface area (Å²) < 4.78 is 80.4. The zero-order valence-electron chi connectivity index (χ0n) is 19.2. The predicted molar refractivity (Wildman–Crippen MR) is 118 cm³/mol. The molecule has 2 aromatic carbocycles. The van der Waals surface area contributed by atoms with E-state index in [4.69, 9.17) is 15.2 Å². The Morgan fingerprint density at radius 2 is 1.83 bits per heavy atom. The zero-order valence-corrected chi connectivity index (χ0v) is 19.2. The van der Waals surface area contributed by atoms with Crippen molar-refractivity contribution in [3.8, 4) is 5.75 Å². The lowest BCUT2D eigenvalue weighted by molar-refractivity contribution is -0.272. The van der Waals surface area contributed by atoms with Gasteiger partial charge in [-0.05, 0) is 30.6 Å². The first-order valence-electron chi connectivity index (χ1n) is 10.5. The van der Waals surface area contributed by atoms with Crippen molar-refractivity contribution < 1.29 is 51.1 Å². The SMILES string of the molecule is COc1c([C@H]2[C@H](C(=O)Nc3ccc(B(O)O)c(C(N)=O)c3)O[C@@](C)(C(F)(F)F)[C@H]2C)ccc(F)c1F. The van der Waals surface area contributed by atoms with Gasteiger partial charge in [-0.2, -0.15) is 17.6 Å². The Balaban J connectivity index is 2.08. The molecule has 0 aromatic heterocycles. The van der Waals surface area contributed by atoms with Gasteiger partial charge in [-0.15, -0.1) is 0 Å². The summed E-state index contributed by atoms with van der Waals surface area (Å²) in [7, 11) is -1.06. The molecule has 36 heavy (non-hydrogen) atoms. The molecule has 5 N–H and O–H groups in total. The lowest BCUT2D eigenvalue weighted by Gasteiger charge is -2.32. The highest BCUT2D eigenvalue weighted by atomic mass is 19.4. The fraction of sp³-hybridized carbons (Fsp3) is 0.364. The van der Waals surface area contributed by atoms with Crippen molar-refractivity contribution in [1.29, 1.82) is 0 Å². The molecular weight excluding hydrogens is 494 g/mol. The maximum atomic E-state index is 14.4. The van der Waals surface area contributed by atoms with Crippen LogP contribution in [0.1, 0.15) is 35.7 Å². The Bertz CT molecular complexity index is 1190. The molecule has 2 amide bonds. The molecule has 1 fully saturated rings. The van der Waals surface area contributed by atoms with Crippen LogP contribution in [-0.2, 0) is 9.53 Å². The van der Waals surface area contributed by atoms with E-state index < -0.39 is 66.0 Å². The summed E-state index contributed by atoms with van der Waals surface area (Å²) in [6.07, 6.45) is -6.80. The molecule has 0 spiro atoms. The van der Waals surface area contributed by atoms with Crippen LogP contribution in [0.2, 0.25) is 0 Å². The highest BCUT2D eigenvalue weighted by Crippen LogP contribution is 2.55. The van der Waals surface area contributed by atoms with Crippen LogP contribution in [0.25, 0.3) is 0 Å². The van der Waals surface area contributed by atoms with Crippen LogP contribution in [-0.4, -0.2) is 54.0 Å². The molecule has 1 aliphatic rings. The topological polar surface area (TPSA) is 131 Å². The Kier molecular flexibility index (Phi) is 7.35. The number of ether oxygens (including phenoxy) is 2. The zero-order chi connectivity index (χ0) is 27.2. The Morgan fingerprint density at radius 3 is 2.36 bits per heavy atom. The molecule has 1 aliphatic heterocycles. The standard InChI is InChI=1S/C22H22BF5N2O6/c1-9-15(11-5-7-14(24)16(25)17(11)35-3)18(36-21(9,2)22(26,27)28)20(32)30-10-4-6-13(23(33)34)12(8-10)19(29)31/h4-9,15,18,33-34H,1-3H3,(H2,29,31)(H,30,32)/t9-,15-,18+,21+/m0/s1. The number of amides is 2. The minimum absolute atomic E-state index is 0.119. The van der Waals surface area contributed by atoms with E-state index in [0.29, 0.717) is 6.07 Å². The van der Waals surface area contributed by atoms with Crippen LogP contribution in [0.15, 0.2) is 30.3 Å². The van der Waals surface area contributed by atoms with Gasteiger partial charge in [-0.3, -0.25) is 9.59 Å². The number of primary amides is 1. The molecule has 0 aliphatic carbocycles. The van der Waals surface area contributed by atoms with Gasteiger partial charge in [0.15, 0.2) is 17.2 Å². The molecule has 194 valence electrons. The number of alkyl halides is 3. The van der Waals surface area contributed by atoms with E-state index in [0.717, 1.165) is 45.2 Å². The van der Waals surface area contributed by atoms with Gasteiger partial charge >= 0.3 is 13.3 Å². The summed E-state index contributed by atoms with van der Waals surface area (Å²) in [4.78, 5) is 24.9. The second-order valence-corrected chi connectivity index (χ2v) is 8.47. The number of benzene rings is 2. The summed E-state index contributed by atoms with van der Waals surface area (Å²) in [6.45, 7) is 1.90. The van der Waals surface area contributed by atoms with Crippen molar-refractivity contribution in [2.24, 2.45) is 11.7 Å². The number of nitrogens with two attached hydrogens (primary N) is 1. The van der Waals surface area contributed by atoms with Crippen molar-refractivity contribution >= 4 is 30.1 Å². The quantitative estimate of drug-likeness (QED) is 0.343. The van der Waals surface area contributed by atoms with Gasteiger partial charge in [-0.1, -0.05) is 19.1 Å². The van der Waals surface area contributed by atoms with Crippen molar-refractivity contribution in [3.63, 3.8) is 0 Å². The number of methoxy groups -OCH3 is 1. The monoisotopic (exact) mass is 516 g/mol. The van der Waals surface area contributed by atoms with Crippen LogP contribution in [0.5, 0.6) is 5.75 Å². The number of hydrogen-bond donors (Lipinski definition) is 4. The van der Waals surface area contributed by atoms with E-state index in [2.05, 4.69) is 5.32 Å². The highest BCUT2D eigenvalue weighted by Gasteiger charge is 2.65. The van der Waals surface area contributed by atoms with E-state index in [1.807, 2.05) is 0 Å². The van der Waals surface area contributed by atoms with E-state index >= 15 is 0 Å². The molecule has 2 aromatic rings. The van der Waals surface area contributed by atoms with Gasteiger partial charge in [0, 0.05) is 28.7 Å². The number of carbonyl (C=O) groups excluding carboxylic acids is 2. The lowest BCUT2D eigenvalue weighted by Crippen LogP contribution is -2.47. The van der Waals surface area contributed by atoms with Gasteiger partial charge in [-0.25, -0.2) is 4.39 Å². The van der Waals surface area contributed by atoms with Crippen LogP contribution < -0.4 is 21.3 Å². The maximum Gasteiger partial charge on any atom is 0.489 e. The lowest BCUT2D eigenvalue weighted by atomic mass is 9.76. The number of halogens is 5. The number of nitrogens with one attached hydrogen (secondary N) is 1. The summed E-state index contributed by atoms with van der Waals surface area (Å²) in [6, 6.07) is 4.97. The Hall–Kier alpha value is -3.23. The molecule has 0 radical (unpaired) electrons. The summed E-state index contributed by atoms with van der Waals surface area (Å²) in [5, 5.41) is 21.1. The number of carbonyl (C=O) groups is 2. The normalized spacial score (nSPS) is 23.9. The average molecular weight is 516 g/mol. The highest BCUT2D eigenvalue weighted by molar-refractivity contribution is 6.60. The Labute approximate surface area is 202 Å². The van der Waals surface area contributed by atoms with Gasteiger partial charge in [0.25, 0.3) is 5.91 Å². The molecule has 0 unspecified atom stereocenters. The third-order valence-electron chi connectivity index (χ3n) is 6.43. The summed E-state index contributed by atoms with van der Waals surface area (Å²) in [5.74, 6) is -8.46. The third-order valence-corrected chi connectivity index (χ3v) is 6.43. The Morgan fingerprint density at radius 1 is 1.19 bits per heavy atom. The number of hydrogen-bond acceptors (Lipinski definition) is 6. The average Bonchev–Trinajstić information content (AvgIpc) is 3.07. The van der Waals surface area contributed by atoms with Crippen molar-refractivity contribution in [2.45, 2.75) is 37.6 Å². The maximum absolute atomic E-state index is 14.4.